The van der Waals surface area contributed by atoms with Crippen molar-refractivity contribution < 1.29 is 5.11 Å². The summed E-state index contributed by atoms with van der Waals surface area (Å²) in [6.07, 6.45) is 6.46. The number of benzene rings is 1. The lowest BCUT2D eigenvalue weighted by Gasteiger charge is -2.32. The smallest absolute Gasteiger partial charge is 0.280 e. The van der Waals surface area contributed by atoms with E-state index in [0.29, 0.717) is 30.2 Å². The molecule has 0 unspecified atom stereocenters. The fourth-order valence-corrected chi connectivity index (χ4v) is 3.79. The first-order valence-electron chi connectivity index (χ1n) is 9.48. The molecule has 0 aliphatic heterocycles. The van der Waals surface area contributed by atoms with Gasteiger partial charge in [0.05, 0.1) is 11.9 Å². The first-order valence-corrected chi connectivity index (χ1v) is 9.48. The van der Waals surface area contributed by atoms with E-state index in [-0.39, 0.29) is 5.56 Å². The minimum Gasteiger partial charge on any atom is -0.388 e. The first-order chi connectivity index (χ1) is 13.1. The van der Waals surface area contributed by atoms with Gasteiger partial charge >= 0.3 is 0 Å². The van der Waals surface area contributed by atoms with Crippen LogP contribution in [0.5, 0.6) is 0 Å². The first kappa shape index (κ1) is 17.7. The molecule has 3 aromatic rings. The Balaban J connectivity index is 1.61. The summed E-state index contributed by atoms with van der Waals surface area (Å²) in [7, 11) is 1.70. The van der Waals surface area contributed by atoms with Crippen molar-refractivity contribution in [1.82, 2.24) is 19.1 Å². The summed E-state index contributed by atoms with van der Waals surface area (Å²) in [6.45, 7) is 0.963. The second-order valence-corrected chi connectivity index (χ2v) is 7.47. The van der Waals surface area contributed by atoms with Crippen molar-refractivity contribution in [3.8, 4) is 0 Å². The number of hydrogen-bond acceptors (Lipinski definition) is 5. The van der Waals surface area contributed by atoms with Crippen LogP contribution in [-0.4, -0.2) is 36.4 Å². The molecule has 142 valence electrons. The number of rotatable bonds is 5. The molecule has 1 aliphatic rings. The molecule has 1 fully saturated rings. The monoisotopic (exact) mass is 367 g/mol. The van der Waals surface area contributed by atoms with Crippen molar-refractivity contribution in [1.29, 1.82) is 0 Å². The van der Waals surface area contributed by atoms with Crippen molar-refractivity contribution in [2.75, 3.05) is 11.9 Å². The molecule has 2 heterocycles. The lowest BCUT2D eigenvalue weighted by molar-refractivity contribution is 0.0165. The number of imidazole rings is 1. The minimum atomic E-state index is -0.725. The Morgan fingerprint density at radius 3 is 2.67 bits per heavy atom. The fraction of sp³-hybridized carbons (Fsp3) is 0.450. The quantitative estimate of drug-likeness (QED) is 0.723. The molecule has 0 atom stereocenters. The van der Waals surface area contributed by atoms with Gasteiger partial charge in [0, 0.05) is 20.1 Å². The van der Waals surface area contributed by atoms with E-state index < -0.39 is 5.60 Å². The predicted octanol–water partition coefficient (Wildman–Crippen LogP) is 2.29. The molecule has 0 radical (unpaired) electrons. The van der Waals surface area contributed by atoms with Crippen molar-refractivity contribution in [3.63, 3.8) is 0 Å². The van der Waals surface area contributed by atoms with Crippen molar-refractivity contribution >= 4 is 17.1 Å². The average Bonchev–Trinajstić information content (AvgIpc) is 3.07. The normalized spacial score (nSPS) is 16.5. The molecule has 27 heavy (non-hydrogen) atoms. The molecule has 1 aromatic carbocycles. The number of aromatic nitrogens is 4. The number of fused-ring (bicyclic) bond motifs is 1. The van der Waals surface area contributed by atoms with Gasteiger partial charge < -0.3 is 15.0 Å². The third-order valence-corrected chi connectivity index (χ3v) is 5.41. The third kappa shape index (κ3) is 3.60. The Labute approximate surface area is 157 Å². The molecule has 0 saturated heterocycles. The zero-order valence-corrected chi connectivity index (χ0v) is 15.6. The topological polar surface area (TPSA) is 85.0 Å². The zero-order valence-electron chi connectivity index (χ0n) is 15.6. The minimum absolute atomic E-state index is 0.147. The SMILES string of the molecule is Cn1c(NCC2(O)CCCCC2)nc2ncn(Cc3ccccc3)c2c1=O. The maximum atomic E-state index is 12.9. The lowest BCUT2D eigenvalue weighted by atomic mass is 9.85. The highest BCUT2D eigenvalue weighted by Gasteiger charge is 2.29. The van der Waals surface area contributed by atoms with Gasteiger partial charge in [0.25, 0.3) is 5.56 Å². The summed E-state index contributed by atoms with van der Waals surface area (Å²) in [5.41, 5.74) is 1.14. The molecule has 1 saturated carbocycles. The standard InChI is InChI=1S/C20H25N5O2/c1-24-18(26)16-17(22-14-25(16)12-15-8-4-2-5-9-15)23-19(24)21-13-20(27)10-6-3-7-11-20/h2,4-5,8-9,14,27H,3,6-7,10-13H2,1H3,(H,21,23). The lowest BCUT2D eigenvalue weighted by Crippen LogP contribution is -2.40. The van der Waals surface area contributed by atoms with E-state index in [1.165, 1.54) is 11.0 Å². The molecule has 0 amide bonds. The van der Waals surface area contributed by atoms with Crippen LogP contribution >= 0.6 is 0 Å². The highest BCUT2D eigenvalue weighted by atomic mass is 16.3. The van der Waals surface area contributed by atoms with E-state index in [1.54, 1.807) is 13.4 Å². The maximum absolute atomic E-state index is 12.9. The number of nitrogens with zero attached hydrogens (tertiary/aromatic N) is 4. The summed E-state index contributed by atoms with van der Waals surface area (Å²) < 4.78 is 3.33. The Bertz CT molecular complexity index is 987. The van der Waals surface area contributed by atoms with Crippen LogP contribution in [0.4, 0.5) is 5.95 Å². The highest BCUT2D eigenvalue weighted by Crippen LogP contribution is 2.28. The Morgan fingerprint density at radius 1 is 1.19 bits per heavy atom. The molecule has 2 N–H and O–H groups in total. The molecular formula is C20H25N5O2. The van der Waals surface area contributed by atoms with Crippen LogP contribution in [0.25, 0.3) is 11.2 Å². The van der Waals surface area contributed by atoms with E-state index in [4.69, 9.17) is 0 Å². The van der Waals surface area contributed by atoms with Crippen molar-refractivity contribution in [2.45, 2.75) is 44.2 Å². The third-order valence-electron chi connectivity index (χ3n) is 5.41. The molecular weight excluding hydrogens is 342 g/mol. The van der Waals surface area contributed by atoms with E-state index in [1.807, 2.05) is 34.9 Å². The van der Waals surface area contributed by atoms with Gasteiger partial charge in [0.2, 0.25) is 5.95 Å². The van der Waals surface area contributed by atoms with Crippen molar-refractivity contribution in [2.24, 2.45) is 7.05 Å². The zero-order chi connectivity index (χ0) is 18.9. The second-order valence-electron chi connectivity index (χ2n) is 7.47. The van der Waals surface area contributed by atoms with Crippen LogP contribution in [0.1, 0.15) is 37.7 Å². The highest BCUT2D eigenvalue weighted by molar-refractivity contribution is 5.71. The average molecular weight is 367 g/mol. The van der Waals surface area contributed by atoms with Crippen LogP contribution in [0.2, 0.25) is 0 Å². The number of hydrogen-bond donors (Lipinski definition) is 2. The molecule has 1 aliphatic carbocycles. The summed E-state index contributed by atoms with van der Waals surface area (Å²) in [5.74, 6) is 0.441. The molecule has 7 nitrogen and oxygen atoms in total. The number of nitrogens with one attached hydrogen (secondary N) is 1. The second kappa shape index (κ2) is 7.15. The Morgan fingerprint density at radius 2 is 1.93 bits per heavy atom. The predicted molar refractivity (Wildman–Crippen MR) is 105 cm³/mol. The summed E-state index contributed by atoms with van der Waals surface area (Å²) >= 11 is 0. The van der Waals surface area contributed by atoms with Crippen LogP contribution < -0.4 is 10.9 Å². The van der Waals surface area contributed by atoms with Crippen LogP contribution in [-0.2, 0) is 13.6 Å². The van der Waals surface area contributed by atoms with E-state index >= 15 is 0 Å². The fourth-order valence-electron chi connectivity index (χ4n) is 3.79. The van der Waals surface area contributed by atoms with Gasteiger partial charge in [-0.1, -0.05) is 49.6 Å². The van der Waals surface area contributed by atoms with Crippen LogP contribution in [0.15, 0.2) is 41.5 Å². The van der Waals surface area contributed by atoms with Crippen molar-refractivity contribution in [3.05, 3.63) is 52.6 Å². The van der Waals surface area contributed by atoms with Gasteiger partial charge in [0.15, 0.2) is 11.2 Å². The maximum Gasteiger partial charge on any atom is 0.280 e. The summed E-state index contributed by atoms with van der Waals surface area (Å²) in [4.78, 5) is 21.8. The van der Waals surface area contributed by atoms with Gasteiger partial charge in [0.1, 0.15) is 0 Å². The van der Waals surface area contributed by atoms with Gasteiger partial charge in [-0.15, -0.1) is 0 Å². The van der Waals surface area contributed by atoms with E-state index in [9.17, 15) is 9.90 Å². The van der Waals surface area contributed by atoms with Crippen LogP contribution in [0, 0.1) is 0 Å². The van der Waals surface area contributed by atoms with Gasteiger partial charge in [-0.05, 0) is 18.4 Å². The van der Waals surface area contributed by atoms with Gasteiger partial charge in [-0.3, -0.25) is 9.36 Å². The Kier molecular flexibility index (Phi) is 4.70. The number of aliphatic hydroxyl groups is 1. The van der Waals surface area contributed by atoms with E-state index in [0.717, 1.165) is 31.2 Å². The molecule has 4 rings (SSSR count). The molecule has 7 heteroatoms. The largest absolute Gasteiger partial charge is 0.388 e. The van der Waals surface area contributed by atoms with E-state index in [2.05, 4.69) is 15.3 Å². The molecule has 2 aromatic heterocycles. The molecule has 0 bridgehead atoms. The Hall–Kier alpha value is -2.67. The molecule has 0 spiro atoms. The summed E-state index contributed by atoms with van der Waals surface area (Å²) in [6, 6.07) is 9.95. The number of anilines is 1. The van der Waals surface area contributed by atoms with Gasteiger partial charge in [-0.25, -0.2) is 4.98 Å². The van der Waals surface area contributed by atoms with Gasteiger partial charge in [-0.2, -0.15) is 4.98 Å². The van der Waals surface area contributed by atoms with Crippen LogP contribution in [0.3, 0.4) is 0 Å². The summed E-state index contributed by atoms with van der Waals surface area (Å²) in [5, 5.41) is 13.8.